The van der Waals surface area contributed by atoms with Crippen molar-refractivity contribution in [3.05, 3.63) is 21.9 Å². The summed E-state index contributed by atoms with van der Waals surface area (Å²) in [4.78, 5) is 25.8. The van der Waals surface area contributed by atoms with E-state index < -0.39 is 5.91 Å². The molecule has 1 aliphatic heterocycles. The van der Waals surface area contributed by atoms with Crippen molar-refractivity contribution in [1.82, 2.24) is 4.90 Å². The Hall–Kier alpha value is -1.40. The van der Waals surface area contributed by atoms with Gasteiger partial charge in [-0.1, -0.05) is 0 Å². The number of carbonyl (C=O) groups is 2. The van der Waals surface area contributed by atoms with Gasteiger partial charge in [0.05, 0.1) is 16.4 Å². The summed E-state index contributed by atoms with van der Waals surface area (Å²) in [6.07, 6.45) is 0.847. The van der Waals surface area contributed by atoms with E-state index in [1.165, 1.54) is 0 Å². The molecule has 1 aromatic rings. The van der Waals surface area contributed by atoms with Crippen LogP contribution in [0.25, 0.3) is 0 Å². The highest BCUT2D eigenvalue weighted by atomic mass is 32.1. The van der Waals surface area contributed by atoms with Gasteiger partial charge in [0.2, 0.25) is 0 Å². The van der Waals surface area contributed by atoms with Crippen molar-refractivity contribution in [1.29, 1.82) is 0 Å². The Bertz CT molecular complexity index is 422. The van der Waals surface area contributed by atoms with Crippen LogP contribution in [0.4, 0.5) is 0 Å². The number of thiophene rings is 1. The Labute approximate surface area is 103 Å². The zero-order valence-electron chi connectivity index (χ0n) is 9.35. The summed E-state index contributed by atoms with van der Waals surface area (Å²) in [5, 5.41) is 0. The first kappa shape index (κ1) is 12.1. The average molecular weight is 254 g/mol. The molecule has 17 heavy (non-hydrogen) atoms. The summed E-state index contributed by atoms with van der Waals surface area (Å²) in [5.41, 5.74) is 5.16. The third-order valence-electron chi connectivity index (χ3n) is 2.57. The molecule has 5 nitrogen and oxygen atoms in total. The maximum atomic E-state index is 12.1. The molecule has 0 radical (unpaired) electrons. The minimum atomic E-state index is -0.492. The third kappa shape index (κ3) is 2.83. The lowest BCUT2D eigenvalue weighted by atomic mass is 10.3. The fraction of sp³-hybridized carbons (Fsp3) is 0.455. The molecule has 0 saturated carbocycles. The molecular formula is C11H14N2O3S. The van der Waals surface area contributed by atoms with Gasteiger partial charge in [-0.15, -0.1) is 11.3 Å². The van der Waals surface area contributed by atoms with E-state index in [9.17, 15) is 9.59 Å². The van der Waals surface area contributed by atoms with Crippen LogP contribution in [0, 0.1) is 0 Å². The third-order valence-corrected chi connectivity index (χ3v) is 3.66. The smallest absolute Gasteiger partial charge is 0.264 e. The number of rotatable bonds is 2. The summed E-state index contributed by atoms with van der Waals surface area (Å²) in [7, 11) is 0. The molecular weight excluding hydrogens is 240 g/mol. The second-order valence-corrected chi connectivity index (χ2v) is 4.87. The number of amides is 2. The van der Waals surface area contributed by atoms with Gasteiger partial charge in [-0.05, 0) is 18.6 Å². The largest absolute Gasteiger partial charge is 0.380 e. The van der Waals surface area contributed by atoms with E-state index in [2.05, 4.69) is 0 Å². The van der Waals surface area contributed by atoms with E-state index in [4.69, 9.17) is 10.5 Å². The molecule has 1 aromatic heterocycles. The normalized spacial score (nSPS) is 16.6. The Balaban J connectivity index is 2.09. The predicted molar refractivity (Wildman–Crippen MR) is 64.2 cm³/mol. The molecule has 2 amide bonds. The highest BCUT2D eigenvalue weighted by Crippen LogP contribution is 2.18. The van der Waals surface area contributed by atoms with E-state index in [-0.39, 0.29) is 5.91 Å². The number of carbonyl (C=O) groups excluding carboxylic acids is 2. The first-order valence-corrected chi connectivity index (χ1v) is 6.27. The van der Waals surface area contributed by atoms with E-state index in [1.54, 1.807) is 17.0 Å². The Morgan fingerprint density at radius 1 is 1.24 bits per heavy atom. The van der Waals surface area contributed by atoms with Crippen LogP contribution in [0.1, 0.15) is 25.8 Å². The van der Waals surface area contributed by atoms with Crippen molar-refractivity contribution in [2.24, 2.45) is 5.73 Å². The van der Waals surface area contributed by atoms with Gasteiger partial charge in [0.15, 0.2) is 0 Å². The van der Waals surface area contributed by atoms with Gasteiger partial charge >= 0.3 is 0 Å². The van der Waals surface area contributed by atoms with Gasteiger partial charge in [0.25, 0.3) is 11.8 Å². The Morgan fingerprint density at radius 2 is 2.00 bits per heavy atom. The minimum Gasteiger partial charge on any atom is -0.380 e. The maximum Gasteiger partial charge on any atom is 0.264 e. The molecule has 0 unspecified atom stereocenters. The van der Waals surface area contributed by atoms with E-state index in [0.717, 1.165) is 17.8 Å². The molecule has 1 fully saturated rings. The first-order valence-electron chi connectivity index (χ1n) is 5.45. The van der Waals surface area contributed by atoms with Crippen molar-refractivity contribution in [3.63, 3.8) is 0 Å². The van der Waals surface area contributed by atoms with Gasteiger partial charge in [-0.3, -0.25) is 9.59 Å². The van der Waals surface area contributed by atoms with Gasteiger partial charge in [0.1, 0.15) is 0 Å². The van der Waals surface area contributed by atoms with Crippen molar-refractivity contribution in [3.8, 4) is 0 Å². The molecule has 0 atom stereocenters. The number of hydrogen-bond acceptors (Lipinski definition) is 4. The summed E-state index contributed by atoms with van der Waals surface area (Å²) in [6, 6.07) is 3.24. The number of nitrogens with two attached hydrogens (primary N) is 1. The van der Waals surface area contributed by atoms with E-state index in [1.807, 2.05) is 0 Å². The topological polar surface area (TPSA) is 72.6 Å². The van der Waals surface area contributed by atoms with Crippen LogP contribution in [0.2, 0.25) is 0 Å². The van der Waals surface area contributed by atoms with Crippen molar-refractivity contribution >= 4 is 23.2 Å². The van der Waals surface area contributed by atoms with E-state index in [0.29, 0.717) is 36.1 Å². The Kier molecular flexibility index (Phi) is 3.75. The highest BCUT2D eigenvalue weighted by Gasteiger charge is 2.19. The summed E-state index contributed by atoms with van der Waals surface area (Å²) >= 11 is 1.14. The Morgan fingerprint density at radius 3 is 2.71 bits per heavy atom. The van der Waals surface area contributed by atoms with Crippen LogP contribution in [-0.2, 0) is 4.74 Å². The van der Waals surface area contributed by atoms with Gasteiger partial charge in [-0.25, -0.2) is 0 Å². The summed E-state index contributed by atoms with van der Waals surface area (Å²) < 4.78 is 5.29. The lowest BCUT2D eigenvalue weighted by Gasteiger charge is -2.18. The van der Waals surface area contributed by atoms with Crippen LogP contribution in [0.5, 0.6) is 0 Å². The summed E-state index contributed by atoms with van der Waals surface area (Å²) in [5.74, 6) is -0.541. The number of ether oxygens (including phenoxy) is 1. The van der Waals surface area contributed by atoms with Crippen LogP contribution >= 0.6 is 11.3 Å². The highest BCUT2D eigenvalue weighted by molar-refractivity contribution is 7.15. The zero-order chi connectivity index (χ0) is 12.3. The second-order valence-electron chi connectivity index (χ2n) is 3.79. The fourth-order valence-electron chi connectivity index (χ4n) is 1.69. The summed E-state index contributed by atoms with van der Waals surface area (Å²) in [6.45, 7) is 2.56. The van der Waals surface area contributed by atoms with Crippen molar-refractivity contribution in [2.75, 3.05) is 26.3 Å². The average Bonchev–Trinajstić information content (AvgIpc) is 2.65. The number of primary amides is 1. The molecule has 92 valence electrons. The zero-order valence-corrected chi connectivity index (χ0v) is 10.2. The molecule has 1 aliphatic rings. The minimum absolute atomic E-state index is 0.0481. The quantitative estimate of drug-likeness (QED) is 0.844. The van der Waals surface area contributed by atoms with Gasteiger partial charge < -0.3 is 15.4 Å². The molecule has 6 heteroatoms. The van der Waals surface area contributed by atoms with E-state index >= 15 is 0 Å². The van der Waals surface area contributed by atoms with Crippen molar-refractivity contribution in [2.45, 2.75) is 6.42 Å². The first-order chi connectivity index (χ1) is 8.18. The monoisotopic (exact) mass is 254 g/mol. The van der Waals surface area contributed by atoms with Gasteiger partial charge in [-0.2, -0.15) is 0 Å². The maximum absolute atomic E-state index is 12.1. The lowest BCUT2D eigenvalue weighted by molar-refractivity contribution is 0.0746. The standard InChI is InChI=1S/C11H14N2O3S/c12-10(14)8-2-3-9(17-8)11(15)13-4-1-6-16-7-5-13/h2-3H,1,4-7H2,(H2,12,14). The van der Waals surface area contributed by atoms with Crippen LogP contribution in [0.3, 0.4) is 0 Å². The molecule has 0 aliphatic carbocycles. The fourth-order valence-corrected chi connectivity index (χ4v) is 2.52. The van der Waals surface area contributed by atoms with Crippen molar-refractivity contribution < 1.29 is 14.3 Å². The SMILES string of the molecule is NC(=O)c1ccc(C(=O)N2CCCOCC2)s1. The number of hydrogen-bond donors (Lipinski definition) is 1. The van der Waals surface area contributed by atoms with Crippen LogP contribution in [0.15, 0.2) is 12.1 Å². The predicted octanol–water partition coefficient (Wildman–Crippen LogP) is 0.709. The van der Waals surface area contributed by atoms with Crippen LogP contribution in [-0.4, -0.2) is 43.0 Å². The second kappa shape index (κ2) is 5.29. The molecule has 0 spiro atoms. The molecule has 1 saturated heterocycles. The van der Waals surface area contributed by atoms with Gasteiger partial charge in [0, 0.05) is 19.7 Å². The van der Waals surface area contributed by atoms with Crippen LogP contribution < -0.4 is 5.73 Å². The molecule has 0 bridgehead atoms. The number of nitrogens with zero attached hydrogens (tertiary/aromatic N) is 1. The molecule has 0 aromatic carbocycles. The molecule has 2 heterocycles. The molecule has 2 N–H and O–H groups in total. The lowest BCUT2D eigenvalue weighted by Crippen LogP contribution is -2.32. The molecule has 2 rings (SSSR count).